The third kappa shape index (κ3) is 3.02. The molecule has 1 aromatic rings. The third-order valence-corrected chi connectivity index (χ3v) is 4.39. The molecule has 1 aliphatic carbocycles. The summed E-state index contributed by atoms with van der Waals surface area (Å²) in [5.74, 6) is 1.64. The van der Waals surface area contributed by atoms with Gasteiger partial charge in [-0.15, -0.1) is 0 Å². The van der Waals surface area contributed by atoms with Crippen molar-refractivity contribution in [3.8, 4) is 0 Å². The van der Waals surface area contributed by atoms with Gasteiger partial charge in [0.25, 0.3) is 0 Å². The average molecular weight is 231 g/mol. The van der Waals surface area contributed by atoms with E-state index >= 15 is 0 Å². The first-order valence-corrected chi connectivity index (χ1v) is 7.06. The fraction of sp³-hybridized carbons (Fsp3) is 0.625. The van der Waals surface area contributed by atoms with E-state index in [9.17, 15) is 0 Å². The highest BCUT2D eigenvalue weighted by Gasteiger charge is 2.26. The van der Waals surface area contributed by atoms with Crippen LogP contribution in [-0.4, -0.2) is 6.04 Å². The summed E-state index contributed by atoms with van der Waals surface area (Å²) in [6.45, 7) is 7.00. The average Bonchev–Trinajstić information content (AvgIpc) is 2.35. The van der Waals surface area contributed by atoms with Gasteiger partial charge in [0.1, 0.15) is 0 Å². The molecule has 1 nitrogen and oxygen atoms in total. The van der Waals surface area contributed by atoms with Crippen LogP contribution in [0, 0.1) is 11.8 Å². The fourth-order valence-electron chi connectivity index (χ4n) is 2.88. The lowest BCUT2D eigenvalue weighted by Crippen LogP contribution is -2.34. The van der Waals surface area contributed by atoms with E-state index in [2.05, 4.69) is 50.4 Å². The highest BCUT2D eigenvalue weighted by molar-refractivity contribution is 5.46. The zero-order valence-electron chi connectivity index (χ0n) is 11.4. The van der Waals surface area contributed by atoms with Crippen molar-refractivity contribution in [2.75, 3.05) is 5.32 Å². The fourth-order valence-corrected chi connectivity index (χ4v) is 2.88. The number of benzene rings is 1. The second kappa shape index (κ2) is 5.57. The number of nitrogens with one attached hydrogen (secondary N) is 1. The first-order valence-electron chi connectivity index (χ1n) is 7.06. The molecule has 0 aliphatic heterocycles. The first-order chi connectivity index (χ1) is 8.20. The molecule has 0 spiro atoms. The summed E-state index contributed by atoms with van der Waals surface area (Å²) in [5, 5.41) is 3.74. The highest BCUT2D eigenvalue weighted by atomic mass is 14.9. The van der Waals surface area contributed by atoms with E-state index in [0.717, 1.165) is 18.3 Å². The number of anilines is 1. The van der Waals surface area contributed by atoms with Crippen LogP contribution < -0.4 is 5.32 Å². The molecule has 1 heteroatoms. The second-order valence-corrected chi connectivity index (χ2v) is 5.57. The summed E-state index contributed by atoms with van der Waals surface area (Å²) in [5.41, 5.74) is 2.72. The zero-order chi connectivity index (χ0) is 12.3. The van der Waals surface area contributed by atoms with E-state index in [1.54, 1.807) is 0 Å². The molecule has 0 aromatic heterocycles. The summed E-state index contributed by atoms with van der Waals surface area (Å²) in [4.78, 5) is 0. The third-order valence-electron chi connectivity index (χ3n) is 4.39. The first kappa shape index (κ1) is 12.5. The minimum atomic E-state index is 0.658. The van der Waals surface area contributed by atoms with Crippen molar-refractivity contribution in [3.63, 3.8) is 0 Å². The zero-order valence-corrected chi connectivity index (χ0v) is 11.4. The summed E-state index contributed by atoms with van der Waals surface area (Å²) in [7, 11) is 0. The Kier molecular flexibility index (Phi) is 4.09. The Hall–Kier alpha value is -0.980. The van der Waals surface area contributed by atoms with Crippen LogP contribution in [0.4, 0.5) is 5.69 Å². The van der Waals surface area contributed by atoms with Gasteiger partial charge in [0, 0.05) is 11.7 Å². The predicted octanol–water partition coefficient (Wildman–Crippen LogP) is 4.49. The molecule has 0 saturated heterocycles. The van der Waals surface area contributed by atoms with Crippen LogP contribution in [0.1, 0.15) is 45.6 Å². The van der Waals surface area contributed by atoms with Gasteiger partial charge in [-0.2, -0.15) is 0 Å². The molecule has 3 atom stereocenters. The normalized spacial score (nSPS) is 29.0. The molecule has 1 aromatic carbocycles. The van der Waals surface area contributed by atoms with E-state index in [1.165, 1.54) is 30.5 Å². The highest BCUT2D eigenvalue weighted by Crippen LogP contribution is 2.31. The lowest BCUT2D eigenvalue weighted by molar-refractivity contribution is 0.253. The Morgan fingerprint density at radius 1 is 1.24 bits per heavy atom. The van der Waals surface area contributed by atoms with Crippen LogP contribution in [0.25, 0.3) is 0 Å². The van der Waals surface area contributed by atoms with Crippen LogP contribution in [0.2, 0.25) is 0 Å². The van der Waals surface area contributed by atoms with E-state index in [1.807, 2.05) is 0 Å². The van der Waals surface area contributed by atoms with Crippen molar-refractivity contribution in [3.05, 3.63) is 29.8 Å². The molecule has 1 aliphatic rings. The van der Waals surface area contributed by atoms with Gasteiger partial charge in [-0.05, 0) is 42.4 Å². The molecule has 1 fully saturated rings. The Morgan fingerprint density at radius 3 is 2.82 bits per heavy atom. The van der Waals surface area contributed by atoms with Crippen molar-refractivity contribution in [2.45, 2.75) is 52.5 Å². The molecule has 1 N–H and O–H groups in total. The smallest absolute Gasteiger partial charge is 0.0345 e. The molecular weight excluding hydrogens is 206 g/mol. The number of hydrogen-bond donors (Lipinski definition) is 1. The van der Waals surface area contributed by atoms with Gasteiger partial charge >= 0.3 is 0 Å². The Labute approximate surface area is 106 Å². The summed E-state index contributed by atoms with van der Waals surface area (Å²) >= 11 is 0. The van der Waals surface area contributed by atoms with Gasteiger partial charge in [0.2, 0.25) is 0 Å². The molecule has 0 heterocycles. The molecule has 2 rings (SSSR count). The Bertz CT molecular complexity index is 358. The van der Waals surface area contributed by atoms with Gasteiger partial charge in [-0.3, -0.25) is 0 Å². The van der Waals surface area contributed by atoms with E-state index in [-0.39, 0.29) is 0 Å². The van der Waals surface area contributed by atoms with Crippen LogP contribution >= 0.6 is 0 Å². The predicted molar refractivity (Wildman–Crippen MR) is 75.4 cm³/mol. The molecule has 0 bridgehead atoms. The number of rotatable bonds is 3. The molecular formula is C16H25N. The monoisotopic (exact) mass is 231 g/mol. The van der Waals surface area contributed by atoms with Crippen molar-refractivity contribution in [2.24, 2.45) is 11.8 Å². The largest absolute Gasteiger partial charge is 0.382 e. The molecule has 0 radical (unpaired) electrons. The number of aryl methyl sites for hydroxylation is 1. The van der Waals surface area contributed by atoms with Crippen LogP contribution in [0.5, 0.6) is 0 Å². The summed E-state index contributed by atoms with van der Waals surface area (Å²) in [6, 6.07) is 9.53. The maximum Gasteiger partial charge on any atom is 0.0345 e. The van der Waals surface area contributed by atoms with Gasteiger partial charge in [0.05, 0.1) is 0 Å². The minimum absolute atomic E-state index is 0.658. The minimum Gasteiger partial charge on any atom is -0.382 e. The SMILES string of the molecule is CCc1cccc(NC2CCCC(C)C2C)c1. The molecule has 3 unspecified atom stereocenters. The maximum absolute atomic E-state index is 3.74. The van der Waals surface area contributed by atoms with Crippen LogP contribution in [-0.2, 0) is 6.42 Å². The van der Waals surface area contributed by atoms with Gasteiger partial charge in [-0.25, -0.2) is 0 Å². The van der Waals surface area contributed by atoms with E-state index in [4.69, 9.17) is 0 Å². The lowest BCUT2D eigenvalue weighted by atomic mass is 9.78. The Morgan fingerprint density at radius 2 is 2.06 bits per heavy atom. The van der Waals surface area contributed by atoms with Gasteiger partial charge < -0.3 is 5.32 Å². The molecule has 0 amide bonds. The van der Waals surface area contributed by atoms with Gasteiger partial charge in [0.15, 0.2) is 0 Å². The summed E-state index contributed by atoms with van der Waals surface area (Å²) < 4.78 is 0. The van der Waals surface area contributed by atoms with Crippen molar-refractivity contribution < 1.29 is 0 Å². The quantitative estimate of drug-likeness (QED) is 0.808. The van der Waals surface area contributed by atoms with E-state index in [0.29, 0.717) is 6.04 Å². The van der Waals surface area contributed by atoms with E-state index < -0.39 is 0 Å². The number of hydrogen-bond acceptors (Lipinski definition) is 1. The van der Waals surface area contributed by atoms with Gasteiger partial charge in [-0.1, -0.05) is 45.7 Å². The second-order valence-electron chi connectivity index (χ2n) is 5.57. The standard InChI is InChI=1S/C16H25N/c1-4-14-8-6-9-15(11-14)17-16-10-5-7-12(2)13(16)3/h6,8-9,11-13,16-17H,4-5,7,10H2,1-3H3. The van der Waals surface area contributed by atoms with Crippen LogP contribution in [0.15, 0.2) is 24.3 Å². The van der Waals surface area contributed by atoms with Crippen LogP contribution in [0.3, 0.4) is 0 Å². The van der Waals surface area contributed by atoms with Crippen molar-refractivity contribution >= 4 is 5.69 Å². The Balaban J connectivity index is 2.04. The molecule has 94 valence electrons. The topological polar surface area (TPSA) is 12.0 Å². The lowest BCUT2D eigenvalue weighted by Gasteiger charge is -2.35. The van der Waals surface area contributed by atoms with Crippen molar-refractivity contribution in [1.29, 1.82) is 0 Å². The summed E-state index contributed by atoms with van der Waals surface area (Å²) in [6.07, 6.45) is 5.21. The molecule has 17 heavy (non-hydrogen) atoms. The molecule has 1 saturated carbocycles. The van der Waals surface area contributed by atoms with Crippen molar-refractivity contribution in [1.82, 2.24) is 0 Å². The maximum atomic E-state index is 3.74.